The molecule has 132 valence electrons. The second kappa shape index (κ2) is 7.75. The predicted molar refractivity (Wildman–Crippen MR) is 97.6 cm³/mol. The van der Waals surface area contributed by atoms with Crippen molar-refractivity contribution in [2.45, 2.75) is 33.6 Å². The molecule has 1 aromatic carbocycles. The van der Waals surface area contributed by atoms with Gasteiger partial charge in [-0.05, 0) is 30.0 Å². The van der Waals surface area contributed by atoms with E-state index in [1.807, 2.05) is 4.90 Å². The lowest BCUT2D eigenvalue weighted by molar-refractivity contribution is -0.132. The van der Waals surface area contributed by atoms with Gasteiger partial charge in [-0.25, -0.2) is 0 Å². The molecule has 0 spiro atoms. The monoisotopic (exact) mass is 370 g/mol. The second-order valence-electron chi connectivity index (χ2n) is 7.39. The van der Waals surface area contributed by atoms with Crippen molar-refractivity contribution in [2.24, 2.45) is 5.41 Å². The highest BCUT2D eigenvalue weighted by molar-refractivity contribution is 6.42. The number of halogens is 2. The molecule has 0 unspecified atom stereocenters. The maximum atomic E-state index is 12.6. The Bertz CT molecular complexity index is 626. The lowest BCUT2D eigenvalue weighted by Gasteiger charge is -2.25. The van der Waals surface area contributed by atoms with Crippen LogP contribution in [-0.2, 0) is 4.79 Å². The SMILES string of the molecule is CC(C)(C)CC(=O)N1CCCN(C(=O)c2ccc(Cl)c(Cl)c2)CC1. The number of hydrogen-bond donors (Lipinski definition) is 0. The van der Waals surface area contributed by atoms with E-state index in [1.165, 1.54) is 0 Å². The Balaban J connectivity index is 2.01. The van der Waals surface area contributed by atoms with Crippen LogP contribution in [-0.4, -0.2) is 47.8 Å². The number of hydrogen-bond acceptors (Lipinski definition) is 2. The minimum absolute atomic E-state index is 0.0288. The molecule has 1 aliphatic heterocycles. The highest BCUT2D eigenvalue weighted by atomic mass is 35.5. The van der Waals surface area contributed by atoms with Crippen molar-refractivity contribution in [3.05, 3.63) is 33.8 Å². The third-order valence-electron chi connectivity index (χ3n) is 3.98. The van der Waals surface area contributed by atoms with Gasteiger partial charge in [0.15, 0.2) is 0 Å². The van der Waals surface area contributed by atoms with Gasteiger partial charge in [0, 0.05) is 38.2 Å². The molecule has 0 radical (unpaired) electrons. The van der Waals surface area contributed by atoms with E-state index in [0.29, 0.717) is 48.2 Å². The van der Waals surface area contributed by atoms with Gasteiger partial charge in [-0.2, -0.15) is 0 Å². The number of rotatable bonds is 2. The molecule has 1 aromatic rings. The third kappa shape index (κ3) is 5.12. The summed E-state index contributed by atoms with van der Waals surface area (Å²) >= 11 is 11.9. The van der Waals surface area contributed by atoms with Crippen LogP contribution in [0.25, 0.3) is 0 Å². The molecular weight excluding hydrogens is 347 g/mol. The summed E-state index contributed by atoms with van der Waals surface area (Å²) in [4.78, 5) is 28.7. The fourth-order valence-corrected chi connectivity index (χ4v) is 3.05. The van der Waals surface area contributed by atoms with Crippen LogP contribution in [0.1, 0.15) is 44.0 Å². The summed E-state index contributed by atoms with van der Waals surface area (Å²) < 4.78 is 0. The molecule has 0 atom stereocenters. The van der Waals surface area contributed by atoms with E-state index in [0.717, 1.165) is 6.42 Å². The minimum Gasteiger partial charge on any atom is -0.341 e. The Labute approximate surface area is 153 Å². The normalized spacial score (nSPS) is 16.0. The first-order valence-corrected chi connectivity index (χ1v) is 8.95. The Morgan fingerprint density at radius 1 is 1.00 bits per heavy atom. The van der Waals surface area contributed by atoms with E-state index in [4.69, 9.17) is 23.2 Å². The molecule has 1 heterocycles. The minimum atomic E-state index is -0.0707. The highest BCUT2D eigenvalue weighted by Crippen LogP contribution is 2.24. The zero-order chi connectivity index (χ0) is 17.9. The predicted octanol–water partition coefficient (Wildman–Crippen LogP) is 4.10. The standard InChI is InChI=1S/C18H24Cl2N2O2/c1-18(2,3)12-16(23)21-7-4-8-22(10-9-21)17(24)13-5-6-14(19)15(20)11-13/h5-6,11H,4,7-10,12H2,1-3H3. The van der Waals surface area contributed by atoms with Crippen molar-refractivity contribution in [3.8, 4) is 0 Å². The lowest BCUT2D eigenvalue weighted by Crippen LogP contribution is -2.38. The number of amides is 2. The summed E-state index contributed by atoms with van der Waals surface area (Å²) in [6.07, 6.45) is 1.30. The molecule has 6 heteroatoms. The average Bonchev–Trinajstić information content (AvgIpc) is 2.73. The van der Waals surface area contributed by atoms with Crippen molar-refractivity contribution in [3.63, 3.8) is 0 Å². The zero-order valence-corrected chi connectivity index (χ0v) is 16.0. The smallest absolute Gasteiger partial charge is 0.253 e. The molecule has 4 nitrogen and oxygen atoms in total. The van der Waals surface area contributed by atoms with Crippen LogP contribution >= 0.6 is 23.2 Å². The van der Waals surface area contributed by atoms with Gasteiger partial charge in [0.05, 0.1) is 10.0 Å². The molecule has 2 amide bonds. The number of benzene rings is 1. The van der Waals surface area contributed by atoms with Crippen LogP contribution < -0.4 is 0 Å². The maximum absolute atomic E-state index is 12.6. The van der Waals surface area contributed by atoms with E-state index in [1.54, 1.807) is 23.1 Å². The van der Waals surface area contributed by atoms with Crippen molar-refractivity contribution >= 4 is 35.0 Å². The van der Waals surface area contributed by atoms with Gasteiger partial charge in [0.1, 0.15) is 0 Å². The van der Waals surface area contributed by atoms with Crippen LogP contribution in [0.5, 0.6) is 0 Å². The van der Waals surface area contributed by atoms with Crippen molar-refractivity contribution < 1.29 is 9.59 Å². The van der Waals surface area contributed by atoms with Crippen molar-refractivity contribution in [1.29, 1.82) is 0 Å². The van der Waals surface area contributed by atoms with E-state index < -0.39 is 0 Å². The Morgan fingerprint density at radius 2 is 1.62 bits per heavy atom. The van der Waals surface area contributed by atoms with Gasteiger partial charge in [0.25, 0.3) is 5.91 Å². The largest absolute Gasteiger partial charge is 0.341 e. The fraction of sp³-hybridized carbons (Fsp3) is 0.556. The molecule has 1 fully saturated rings. The van der Waals surface area contributed by atoms with Gasteiger partial charge >= 0.3 is 0 Å². The molecule has 0 aliphatic carbocycles. The highest BCUT2D eigenvalue weighted by Gasteiger charge is 2.25. The number of carbonyl (C=O) groups excluding carboxylic acids is 2. The summed E-state index contributed by atoms with van der Waals surface area (Å²) in [5.41, 5.74) is 0.498. The molecule has 24 heavy (non-hydrogen) atoms. The molecule has 2 rings (SSSR count). The number of nitrogens with zero attached hydrogens (tertiary/aromatic N) is 2. The van der Waals surface area contributed by atoms with E-state index in [2.05, 4.69) is 20.8 Å². The average molecular weight is 371 g/mol. The second-order valence-corrected chi connectivity index (χ2v) is 8.21. The third-order valence-corrected chi connectivity index (χ3v) is 4.72. The van der Waals surface area contributed by atoms with Gasteiger partial charge in [0.2, 0.25) is 5.91 Å². The van der Waals surface area contributed by atoms with Gasteiger partial charge < -0.3 is 9.80 Å². The summed E-state index contributed by atoms with van der Waals surface area (Å²) in [6.45, 7) is 8.61. The first kappa shape index (κ1) is 19.1. The van der Waals surface area contributed by atoms with E-state index >= 15 is 0 Å². The molecule has 1 aliphatic rings. The van der Waals surface area contributed by atoms with Crippen LogP contribution in [0, 0.1) is 5.41 Å². The molecule has 0 N–H and O–H groups in total. The van der Waals surface area contributed by atoms with E-state index in [-0.39, 0.29) is 17.2 Å². The molecule has 0 bridgehead atoms. The van der Waals surface area contributed by atoms with Crippen LogP contribution in [0.15, 0.2) is 18.2 Å². The zero-order valence-electron chi connectivity index (χ0n) is 14.4. The quantitative estimate of drug-likeness (QED) is 0.785. The molecular formula is C18H24Cl2N2O2. The van der Waals surface area contributed by atoms with Gasteiger partial charge in [-0.15, -0.1) is 0 Å². The maximum Gasteiger partial charge on any atom is 0.253 e. The van der Waals surface area contributed by atoms with Crippen LogP contribution in [0.3, 0.4) is 0 Å². The van der Waals surface area contributed by atoms with Crippen molar-refractivity contribution in [2.75, 3.05) is 26.2 Å². The number of carbonyl (C=O) groups is 2. The molecule has 1 saturated heterocycles. The van der Waals surface area contributed by atoms with Crippen LogP contribution in [0.2, 0.25) is 10.0 Å². The summed E-state index contributed by atoms with van der Waals surface area (Å²) in [5, 5.41) is 0.808. The lowest BCUT2D eigenvalue weighted by atomic mass is 9.91. The first-order valence-electron chi connectivity index (χ1n) is 8.19. The Kier molecular flexibility index (Phi) is 6.16. The summed E-state index contributed by atoms with van der Waals surface area (Å²) in [6, 6.07) is 4.91. The summed E-state index contributed by atoms with van der Waals surface area (Å²) in [7, 11) is 0. The first-order chi connectivity index (χ1) is 11.2. The van der Waals surface area contributed by atoms with Crippen molar-refractivity contribution in [1.82, 2.24) is 9.80 Å². The molecule has 0 aromatic heterocycles. The summed E-state index contributed by atoms with van der Waals surface area (Å²) in [5.74, 6) is 0.0880. The topological polar surface area (TPSA) is 40.6 Å². The van der Waals surface area contributed by atoms with Gasteiger partial charge in [-0.3, -0.25) is 9.59 Å². The van der Waals surface area contributed by atoms with Crippen LogP contribution in [0.4, 0.5) is 0 Å². The van der Waals surface area contributed by atoms with E-state index in [9.17, 15) is 9.59 Å². The van der Waals surface area contributed by atoms with Gasteiger partial charge in [-0.1, -0.05) is 44.0 Å². The molecule has 0 saturated carbocycles. The Morgan fingerprint density at radius 3 is 2.25 bits per heavy atom. The Hall–Kier alpha value is -1.26. The fourth-order valence-electron chi connectivity index (χ4n) is 2.75.